The Kier molecular flexibility index (Phi) is 5.93. The lowest BCUT2D eigenvalue weighted by molar-refractivity contribution is 0.0725. The highest BCUT2D eigenvalue weighted by Gasteiger charge is 2.25. The first kappa shape index (κ1) is 20.5. The number of oxazole rings is 1. The van der Waals surface area contributed by atoms with E-state index in [0.29, 0.717) is 48.1 Å². The summed E-state index contributed by atoms with van der Waals surface area (Å²) in [7, 11) is 0. The molecule has 2 aromatic heterocycles. The van der Waals surface area contributed by atoms with Crippen LogP contribution in [0.1, 0.15) is 41.6 Å². The highest BCUT2D eigenvalue weighted by Crippen LogP contribution is 2.23. The van der Waals surface area contributed by atoms with Gasteiger partial charge in [0, 0.05) is 19.5 Å². The van der Waals surface area contributed by atoms with Gasteiger partial charge in [-0.15, -0.1) is 6.58 Å². The van der Waals surface area contributed by atoms with Gasteiger partial charge in [0.15, 0.2) is 5.89 Å². The van der Waals surface area contributed by atoms with Gasteiger partial charge in [-0.2, -0.15) is 15.0 Å². The zero-order valence-electron chi connectivity index (χ0n) is 16.9. The minimum atomic E-state index is -1.09. The van der Waals surface area contributed by atoms with Crippen molar-refractivity contribution in [3.8, 4) is 5.69 Å². The van der Waals surface area contributed by atoms with Crippen LogP contribution in [0.4, 0.5) is 0 Å². The van der Waals surface area contributed by atoms with E-state index in [1.807, 2.05) is 6.07 Å². The quantitative estimate of drug-likeness (QED) is 0.589. The minimum absolute atomic E-state index is 0.163. The fourth-order valence-electron chi connectivity index (χ4n) is 3.13. The largest absolute Gasteiger partial charge is 0.446 e. The molecule has 0 aliphatic rings. The maximum atomic E-state index is 13.2. The molecule has 29 heavy (non-hydrogen) atoms. The molecule has 0 saturated carbocycles. The van der Waals surface area contributed by atoms with Crippen molar-refractivity contribution in [3.05, 3.63) is 72.2 Å². The molecule has 1 amide bonds. The molecule has 0 spiro atoms. The Balaban J connectivity index is 1.81. The number of hydrogen-bond donors (Lipinski definition) is 1. The molecule has 152 valence electrons. The van der Waals surface area contributed by atoms with Gasteiger partial charge in [-0.25, -0.2) is 4.98 Å². The smallest absolute Gasteiger partial charge is 0.256 e. The van der Waals surface area contributed by atoms with Gasteiger partial charge >= 0.3 is 0 Å². The van der Waals surface area contributed by atoms with Gasteiger partial charge in [0.05, 0.1) is 23.6 Å². The lowest BCUT2D eigenvalue weighted by Crippen LogP contribution is -2.34. The molecule has 0 bridgehead atoms. The number of benzene rings is 1. The maximum absolute atomic E-state index is 13.2. The lowest BCUT2D eigenvalue weighted by Gasteiger charge is -2.21. The first-order valence-electron chi connectivity index (χ1n) is 9.36. The summed E-state index contributed by atoms with van der Waals surface area (Å²) in [5, 5.41) is 18.4. The van der Waals surface area contributed by atoms with Crippen LogP contribution in [0.3, 0.4) is 0 Å². The van der Waals surface area contributed by atoms with Crippen molar-refractivity contribution in [2.45, 2.75) is 32.8 Å². The van der Waals surface area contributed by atoms with E-state index in [1.54, 1.807) is 62.3 Å². The second-order valence-electron chi connectivity index (χ2n) is 7.20. The lowest BCUT2D eigenvalue weighted by atomic mass is 10.0. The monoisotopic (exact) mass is 395 g/mol. The number of hydrogen-bond acceptors (Lipinski definition) is 6. The summed E-state index contributed by atoms with van der Waals surface area (Å²) < 4.78 is 5.68. The van der Waals surface area contributed by atoms with Crippen LogP contribution in [0.5, 0.6) is 0 Å². The van der Waals surface area contributed by atoms with Gasteiger partial charge in [0.25, 0.3) is 5.91 Å². The van der Waals surface area contributed by atoms with Gasteiger partial charge in [-0.05, 0) is 32.9 Å². The molecule has 0 saturated heterocycles. The average molecular weight is 395 g/mol. The molecular formula is C21H25N5O3. The maximum Gasteiger partial charge on any atom is 0.256 e. The fraction of sp³-hybridized carbons (Fsp3) is 0.333. The summed E-state index contributed by atoms with van der Waals surface area (Å²) >= 11 is 0. The van der Waals surface area contributed by atoms with E-state index >= 15 is 0 Å². The normalized spacial score (nSPS) is 11.4. The summed E-state index contributed by atoms with van der Waals surface area (Å²) in [5.74, 6) is 0.886. The van der Waals surface area contributed by atoms with Crippen molar-refractivity contribution in [1.29, 1.82) is 0 Å². The number of nitrogens with zero attached hydrogens (tertiary/aromatic N) is 5. The third kappa shape index (κ3) is 4.60. The van der Waals surface area contributed by atoms with Crippen LogP contribution in [0.25, 0.3) is 5.69 Å². The molecule has 0 fully saturated rings. The molecule has 3 rings (SSSR count). The van der Waals surface area contributed by atoms with Gasteiger partial charge in [-0.1, -0.05) is 18.2 Å². The summed E-state index contributed by atoms with van der Waals surface area (Å²) in [6.07, 6.45) is 5.22. The van der Waals surface area contributed by atoms with E-state index in [2.05, 4.69) is 21.8 Å². The Bertz CT molecular complexity index is 986. The fourth-order valence-corrected chi connectivity index (χ4v) is 3.13. The van der Waals surface area contributed by atoms with Crippen molar-refractivity contribution in [2.75, 3.05) is 13.1 Å². The SMILES string of the molecule is C=CCN(CCc1nc(C(C)(C)O)c(C)o1)C(=O)c1ccccc1-n1nccn1. The van der Waals surface area contributed by atoms with E-state index < -0.39 is 5.60 Å². The molecule has 2 heterocycles. The van der Waals surface area contributed by atoms with Gasteiger partial charge < -0.3 is 14.4 Å². The van der Waals surface area contributed by atoms with Crippen LogP contribution < -0.4 is 0 Å². The minimum Gasteiger partial charge on any atom is -0.446 e. The second kappa shape index (κ2) is 8.40. The molecule has 0 aliphatic heterocycles. The van der Waals surface area contributed by atoms with E-state index in [9.17, 15) is 9.90 Å². The predicted molar refractivity (Wildman–Crippen MR) is 108 cm³/mol. The average Bonchev–Trinajstić information content (AvgIpc) is 3.34. The van der Waals surface area contributed by atoms with E-state index in [-0.39, 0.29) is 5.91 Å². The Labute approximate surface area is 169 Å². The number of carbonyl (C=O) groups excluding carboxylic acids is 1. The van der Waals surface area contributed by atoms with Crippen LogP contribution in [-0.4, -0.2) is 49.0 Å². The van der Waals surface area contributed by atoms with E-state index in [1.165, 1.54) is 4.80 Å². The first-order chi connectivity index (χ1) is 13.8. The van der Waals surface area contributed by atoms with Gasteiger partial charge in [0.2, 0.25) is 0 Å². The predicted octanol–water partition coefficient (Wildman–Crippen LogP) is 2.66. The molecule has 0 atom stereocenters. The third-order valence-electron chi connectivity index (χ3n) is 4.42. The number of amides is 1. The van der Waals surface area contributed by atoms with Crippen molar-refractivity contribution in [1.82, 2.24) is 24.9 Å². The van der Waals surface area contributed by atoms with Crippen LogP contribution >= 0.6 is 0 Å². The molecule has 1 N–H and O–H groups in total. The highest BCUT2D eigenvalue weighted by molar-refractivity contribution is 5.97. The molecule has 8 nitrogen and oxygen atoms in total. The Hall–Kier alpha value is -3.26. The zero-order valence-corrected chi connectivity index (χ0v) is 16.9. The van der Waals surface area contributed by atoms with Crippen molar-refractivity contribution >= 4 is 5.91 Å². The molecule has 8 heteroatoms. The molecular weight excluding hydrogens is 370 g/mol. The van der Waals surface area contributed by atoms with Gasteiger partial charge in [-0.3, -0.25) is 4.79 Å². The first-order valence-corrected chi connectivity index (χ1v) is 9.36. The zero-order chi connectivity index (χ0) is 21.0. The summed E-state index contributed by atoms with van der Waals surface area (Å²) in [4.78, 5) is 20.7. The third-order valence-corrected chi connectivity index (χ3v) is 4.42. The molecule has 1 aromatic carbocycles. The number of carbonyl (C=O) groups is 1. The number of para-hydroxylation sites is 1. The highest BCUT2D eigenvalue weighted by atomic mass is 16.4. The number of aromatic nitrogens is 4. The molecule has 0 aliphatic carbocycles. The standard InChI is InChI=1S/C21H25N5O3/c1-5-13-25(14-10-18-24-19(15(2)29-18)21(3,4)28)20(27)16-8-6-7-9-17(16)26-22-11-12-23-26/h5-9,11-12,28H,1,10,13-14H2,2-4H3. The Morgan fingerprint density at radius 3 is 2.62 bits per heavy atom. The van der Waals surface area contributed by atoms with Crippen LogP contribution in [-0.2, 0) is 12.0 Å². The summed E-state index contributed by atoms with van der Waals surface area (Å²) in [5.41, 5.74) is 0.515. The van der Waals surface area contributed by atoms with Crippen molar-refractivity contribution < 1.29 is 14.3 Å². The topological polar surface area (TPSA) is 97.3 Å². The van der Waals surface area contributed by atoms with Crippen LogP contribution in [0, 0.1) is 6.92 Å². The molecule has 0 radical (unpaired) electrons. The number of rotatable bonds is 8. The molecule has 0 unspecified atom stereocenters. The van der Waals surface area contributed by atoms with Gasteiger partial charge in [0.1, 0.15) is 17.1 Å². The number of aliphatic hydroxyl groups is 1. The Morgan fingerprint density at radius 2 is 2.00 bits per heavy atom. The van der Waals surface area contributed by atoms with Crippen LogP contribution in [0.2, 0.25) is 0 Å². The number of aryl methyl sites for hydroxylation is 1. The van der Waals surface area contributed by atoms with Crippen LogP contribution in [0.15, 0.2) is 53.7 Å². The van der Waals surface area contributed by atoms with Crippen molar-refractivity contribution in [2.24, 2.45) is 0 Å². The second-order valence-corrected chi connectivity index (χ2v) is 7.20. The van der Waals surface area contributed by atoms with E-state index in [0.717, 1.165) is 0 Å². The molecule has 3 aromatic rings. The Morgan fingerprint density at radius 1 is 1.31 bits per heavy atom. The summed E-state index contributed by atoms with van der Waals surface area (Å²) in [6, 6.07) is 7.19. The van der Waals surface area contributed by atoms with Crippen molar-refractivity contribution in [3.63, 3.8) is 0 Å². The summed E-state index contributed by atoms with van der Waals surface area (Å²) in [6.45, 7) is 9.61. The van der Waals surface area contributed by atoms with E-state index in [4.69, 9.17) is 4.42 Å².